The monoisotopic (exact) mass is 321 g/mol. The Morgan fingerprint density at radius 2 is 1.83 bits per heavy atom. The number of fused-ring (bicyclic) bond motifs is 3. The topological polar surface area (TPSA) is 61.6 Å². The van der Waals surface area contributed by atoms with E-state index in [0.717, 1.165) is 21.9 Å². The van der Waals surface area contributed by atoms with E-state index in [2.05, 4.69) is 0 Å². The summed E-state index contributed by atoms with van der Waals surface area (Å²) in [6.45, 7) is 0. The molecule has 5 heteroatoms. The number of nitro groups is 1. The maximum absolute atomic E-state index is 11.6. The molecular formula is C19H15NO4. The van der Waals surface area contributed by atoms with Crippen LogP contribution in [0.1, 0.15) is 17.0 Å². The summed E-state index contributed by atoms with van der Waals surface area (Å²) in [5, 5.41) is 13.5. The molecule has 0 N–H and O–H groups in total. The molecule has 0 radical (unpaired) electrons. The Bertz CT molecular complexity index is 923. The zero-order valence-corrected chi connectivity index (χ0v) is 13.0. The number of nitrogens with zero attached hydrogens (tertiary/aromatic N) is 1. The van der Waals surface area contributed by atoms with Crippen molar-refractivity contribution in [3.8, 4) is 11.5 Å². The largest absolute Gasteiger partial charge is 0.497 e. The van der Waals surface area contributed by atoms with Gasteiger partial charge in [-0.1, -0.05) is 42.5 Å². The number of rotatable bonds is 3. The minimum absolute atomic E-state index is 0.357. The lowest BCUT2D eigenvalue weighted by molar-refractivity contribution is -0.562. The molecule has 0 fully saturated rings. The zero-order valence-electron chi connectivity index (χ0n) is 13.0. The van der Waals surface area contributed by atoms with Crippen LogP contribution in [0.15, 0.2) is 60.7 Å². The first-order valence-corrected chi connectivity index (χ1v) is 7.65. The van der Waals surface area contributed by atoms with Gasteiger partial charge in [-0.15, -0.1) is 0 Å². The number of ether oxygens (including phenoxy) is 2. The smallest absolute Gasteiger partial charge is 0.364 e. The second-order valence-electron chi connectivity index (χ2n) is 5.75. The SMILES string of the molecule is COc1ccc2ccc3c(c2c1)[C@@H](c1ccccc1)[C@H]([N+](=O)[O-])O3. The lowest BCUT2D eigenvalue weighted by atomic mass is 9.88. The molecule has 0 aliphatic carbocycles. The van der Waals surface area contributed by atoms with E-state index in [1.54, 1.807) is 7.11 Å². The molecule has 0 saturated carbocycles. The Morgan fingerprint density at radius 1 is 1.08 bits per heavy atom. The van der Waals surface area contributed by atoms with Crippen molar-refractivity contribution in [2.75, 3.05) is 7.11 Å². The van der Waals surface area contributed by atoms with E-state index in [4.69, 9.17) is 9.47 Å². The Kier molecular flexibility index (Phi) is 3.34. The van der Waals surface area contributed by atoms with Crippen LogP contribution in [0.2, 0.25) is 0 Å². The number of hydrogen-bond acceptors (Lipinski definition) is 4. The standard InChI is InChI=1S/C19H15NO4/c1-23-14-9-7-12-8-10-16-18(15(12)11-14)17(19(24-16)20(21)22)13-5-3-2-4-6-13/h2-11,17,19H,1H3/t17-,19-/m1/s1. The molecule has 5 nitrogen and oxygen atoms in total. The van der Waals surface area contributed by atoms with E-state index < -0.39 is 12.1 Å². The van der Waals surface area contributed by atoms with Crippen molar-refractivity contribution in [1.82, 2.24) is 0 Å². The van der Waals surface area contributed by atoms with Gasteiger partial charge in [-0.2, -0.15) is 0 Å². The average molecular weight is 321 g/mol. The van der Waals surface area contributed by atoms with Crippen LogP contribution in [0, 0.1) is 10.1 Å². The van der Waals surface area contributed by atoms with Crippen molar-refractivity contribution in [2.24, 2.45) is 0 Å². The Balaban J connectivity index is 1.99. The Morgan fingerprint density at radius 3 is 2.54 bits per heavy atom. The molecule has 24 heavy (non-hydrogen) atoms. The first-order valence-electron chi connectivity index (χ1n) is 7.65. The highest BCUT2D eigenvalue weighted by molar-refractivity contribution is 5.90. The van der Waals surface area contributed by atoms with Crippen LogP contribution in [-0.2, 0) is 0 Å². The molecule has 3 aromatic rings. The van der Waals surface area contributed by atoms with Crippen molar-refractivity contribution in [2.45, 2.75) is 12.1 Å². The average Bonchev–Trinajstić information content (AvgIpc) is 3.02. The van der Waals surface area contributed by atoms with Crippen molar-refractivity contribution in [3.05, 3.63) is 81.9 Å². The van der Waals surface area contributed by atoms with E-state index in [1.165, 1.54) is 0 Å². The quantitative estimate of drug-likeness (QED) is 0.541. The summed E-state index contributed by atoms with van der Waals surface area (Å²) in [4.78, 5) is 11.2. The molecule has 0 saturated heterocycles. The summed E-state index contributed by atoms with van der Waals surface area (Å²) in [6, 6.07) is 18.9. The minimum Gasteiger partial charge on any atom is -0.497 e. The van der Waals surface area contributed by atoms with Gasteiger partial charge in [0.15, 0.2) is 0 Å². The third-order valence-electron chi connectivity index (χ3n) is 4.44. The van der Waals surface area contributed by atoms with E-state index in [0.29, 0.717) is 11.5 Å². The van der Waals surface area contributed by atoms with Gasteiger partial charge in [0.1, 0.15) is 17.4 Å². The van der Waals surface area contributed by atoms with Crippen molar-refractivity contribution in [3.63, 3.8) is 0 Å². The van der Waals surface area contributed by atoms with Gasteiger partial charge < -0.3 is 9.47 Å². The molecular weight excluding hydrogens is 306 g/mol. The molecule has 0 aromatic heterocycles. The molecule has 1 aliphatic rings. The van der Waals surface area contributed by atoms with E-state index in [1.807, 2.05) is 60.7 Å². The van der Waals surface area contributed by atoms with Crippen molar-refractivity contribution >= 4 is 10.8 Å². The van der Waals surface area contributed by atoms with E-state index >= 15 is 0 Å². The van der Waals surface area contributed by atoms with Gasteiger partial charge in [0.2, 0.25) is 0 Å². The van der Waals surface area contributed by atoms with E-state index in [-0.39, 0.29) is 4.92 Å². The third-order valence-corrected chi connectivity index (χ3v) is 4.44. The molecule has 0 spiro atoms. The summed E-state index contributed by atoms with van der Waals surface area (Å²) < 4.78 is 11.0. The number of benzene rings is 3. The van der Waals surface area contributed by atoms with Gasteiger partial charge in [-0.05, 0) is 34.5 Å². The number of hydrogen-bond donors (Lipinski definition) is 0. The first-order chi connectivity index (χ1) is 11.7. The van der Waals surface area contributed by atoms with E-state index in [9.17, 15) is 10.1 Å². The Hall–Kier alpha value is -3.08. The summed E-state index contributed by atoms with van der Waals surface area (Å²) in [5.41, 5.74) is 1.72. The molecule has 0 bridgehead atoms. The van der Waals surface area contributed by atoms with Crippen molar-refractivity contribution in [1.29, 1.82) is 0 Å². The molecule has 3 aromatic carbocycles. The van der Waals surface area contributed by atoms with Crippen molar-refractivity contribution < 1.29 is 14.4 Å². The fraction of sp³-hybridized carbons (Fsp3) is 0.158. The molecule has 1 heterocycles. The molecule has 2 atom stereocenters. The predicted molar refractivity (Wildman–Crippen MR) is 90.2 cm³/mol. The fourth-order valence-electron chi connectivity index (χ4n) is 3.35. The molecule has 0 amide bonds. The van der Waals surface area contributed by atoms with Crippen LogP contribution in [0.4, 0.5) is 0 Å². The summed E-state index contributed by atoms with van der Waals surface area (Å²) in [7, 11) is 1.61. The van der Waals surface area contributed by atoms with Gasteiger partial charge in [0, 0.05) is 5.56 Å². The molecule has 0 unspecified atom stereocenters. The van der Waals surface area contributed by atoms with Crippen LogP contribution in [-0.4, -0.2) is 18.3 Å². The van der Waals surface area contributed by atoms with Gasteiger partial charge >= 0.3 is 6.23 Å². The van der Waals surface area contributed by atoms with Crippen LogP contribution in [0.3, 0.4) is 0 Å². The second kappa shape index (κ2) is 5.53. The highest BCUT2D eigenvalue weighted by Crippen LogP contribution is 2.46. The predicted octanol–water partition coefficient (Wildman–Crippen LogP) is 3.98. The first kappa shape index (κ1) is 14.5. The molecule has 4 rings (SSSR count). The maximum atomic E-state index is 11.6. The van der Waals surface area contributed by atoms with Gasteiger partial charge in [-0.25, -0.2) is 0 Å². The van der Waals surface area contributed by atoms with Crippen LogP contribution < -0.4 is 9.47 Å². The minimum atomic E-state index is -1.13. The highest BCUT2D eigenvalue weighted by Gasteiger charge is 2.44. The third kappa shape index (κ3) is 2.17. The second-order valence-corrected chi connectivity index (χ2v) is 5.75. The van der Waals surface area contributed by atoms with Gasteiger partial charge in [0.25, 0.3) is 0 Å². The summed E-state index contributed by atoms with van der Waals surface area (Å²) in [5.74, 6) is 0.825. The summed E-state index contributed by atoms with van der Waals surface area (Å²) in [6.07, 6.45) is -1.13. The maximum Gasteiger partial charge on any atom is 0.364 e. The lowest BCUT2D eigenvalue weighted by Crippen LogP contribution is -2.28. The lowest BCUT2D eigenvalue weighted by Gasteiger charge is -2.14. The Labute approximate surface area is 138 Å². The normalized spacial score (nSPS) is 18.9. The fourth-order valence-corrected chi connectivity index (χ4v) is 3.35. The summed E-state index contributed by atoms with van der Waals surface area (Å²) >= 11 is 0. The number of methoxy groups -OCH3 is 1. The van der Waals surface area contributed by atoms with Crippen LogP contribution >= 0.6 is 0 Å². The van der Waals surface area contributed by atoms with Gasteiger partial charge in [-0.3, -0.25) is 10.1 Å². The molecule has 120 valence electrons. The van der Waals surface area contributed by atoms with Crippen LogP contribution in [0.5, 0.6) is 11.5 Å². The highest BCUT2D eigenvalue weighted by atomic mass is 16.7. The zero-order chi connectivity index (χ0) is 16.7. The van der Waals surface area contributed by atoms with Crippen LogP contribution in [0.25, 0.3) is 10.8 Å². The molecule has 1 aliphatic heterocycles. The van der Waals surface area contributed by atoms with Gasteiger partial charge in [0.05, 0.1) is 12.0 Å².